The van der Waals surface area contributed by atoms with Crippen LogP contribution in [0.5, 0.6) is 0 Å². The first-order chi connectivity index (χ1) is 14.1. The number of carbonyl (C=O) groups is 2. The molecule has 2 heterocycles. The van der Waals surface area contributed by atoms with Crippen LogP contribution in [0.2, 0.25) is 0 Å². The van der Waals surface area contributed by atoms with Crippen molar-refractivity contribution in [1.29, 1.82) is 0 Å². The number of hydrogen-bond acceptors (Lipinski definition) is 4. The van der Waals surface area contributed by atoms with E-state index in [1.54, 1.807) is 17.4 Å². The van der Waals surface area contributed by atoms with Crippen LogP contribution in [-0.2, 0) is 22.3 Å². The lowest BCUT2D eigenvalue weighted by Crippen LogP contribution is -2.38. The van der Waals surface area contributed by atoms with Crippen LogP contribution in [0.25, 0.3) is 0 Å². The minimum Gasteiger partial charge on any atom is -0.354 e. The Morgan fingerprint density at radius 3 is 2.73 bits per heavy atom. The maximum Gasteiger partial charge on any atom is 0.416 e. The summed E-state index contributed by atoms with van der Waals surface area (Å²) in [6, 6.07) is 6.96. The smallest absolute Gasteiger partial charge is 0.354 e. The van der Waals surface area contributed by atoms with Crippen LogP contribution in [0.3, 0.4) is 0 Å². The minimum atomic E-state index is -4.43. The molecule has 1 N–H and O–H groups in total. The van der Waals surface area contributed by atoms with Gasteiger partial charge in [-0.15, -0.1) is 0 Å². The van der Waals surface area contributed by atoms with Gasteiger partial charge in [-0.05, 0) is 54.2 Å². The Kier molecular flexibility index (Phi) is 6.82. The summed E-state index contributed by atoms with van der Waals surface area (Å²) in [5.41, 5.74) is 0.757. The average Bonchev–Trinajstić information content (AvgIpc) is 3.32. The molecule has 0 radical (unpaired) electrons. The van der Waals surface area contributed by atoms with Crippen molar-refractivity contribution in [3.05, 3.63) is 57.8 Å². The van der Waals surface area contributed by atoms with E-state index in [9.17, 15) is 22.8 Å². The van der Waals surface area contributed by atoms with E-state index in [0.29, 0.717) is 12.1 Å². The molecule has 1 aromatic carbocycles. The largest absolute Gasteiger partial charge is 0.416 e. The van der Waals surface area contributed by atoms with Crippen molar-refractivity contribution >= 4 is 23.2 Å². The molecule has 0 spiro atoms. The highest BCUT2D eigenvalue weighted by atomic mass is 32.1. The third-order valence-electron chi connectivity index (χ3n) is 5.23. The molecular weight excluding hydrogens is 415 g/mol. The highest BCUT2D eigenvalue weighted by Gasteiger charge is 2.35. The second-order valence-corrected chi connectivity index (χ2v) is 8.43. The van der Waals surface area contributed by atoms with Crippen molar-refractivity contribution in [2.24, 2.45) is 5.92 Å². The van der Waals surface area contributed by atoms with Crippen molar-refractivity contribution in [3.8, 4) is 0 Å². The van der Waals surface area contributed by atoms with Gasteiger partial charge in [0, 0.05) is 26.1 Å². The van der Waals surface area contributed by atoms with Crippen molar-refractivity contribution in [1.82, 2.24) is 15.1 Å². The summed E-state index contributed by atoms with van der Waals surface area (Å²) in [5, 5.41) is 6.94. The molecule has 0 unspecified atom stereocenters. The van der Waals surface area contributed by atoms with E-state index < -0.39 is 17.7 Å². The monoisotopic (exact) mass is 439 g/mol. The number of nitrogens with zero attached hydrogens (tertiary/aromatic N) is 2. The molecule has 1 aliphatic heterocycles. The van der Waals surface area contributed by atoms with Crippen LogP contribution in [0.15, 0.2) is 41.1 Å². The van der Waals surface area contributed by atoms with Crippen LogP contribution in [0.1, 0.15) is 29.2 Å². The maximum absolute atomic E-state index is 12.9. The van der Waals surface area contributed by atoms with Gasteiger partial charge < -0.3 is 15.1 Å². The van der Waals surface area contributed by atoms with E-state index in [0.717, 1.165) is 17.7 Å². The zero-order chi connectivity index (χ0) is 21.9. The Bertz CT molecular complexity index is 884. The normalized spacial score (nSPS) is 18.1. The van der Waals surface area contributed by atoms with Gasteiger partial charge in [0.2, 0.25) is 11.8 Å². The predicted molar refractivity (Wildman–Crippen MR) is 109 cm³/mol. The summed E-state index contributed by atoms with van der Waals surface area (Å²) >= 11 is 1.59. The lowest BCUT2D eigenvalue weighted by atomic mass is 10.1. The van der Waals surface area contributed by atoms with Gasteiger partial charge in [0.25, 0.3) is 0 Å². The molecule has 2 atom stereocenters. The first-order valence-corrected chi connectivity index (χ1v) is 10.5. The van der Waals surface area contributed by atoms with Crippen LogP contribution in [0.4, 0.5) is 13.2 Å². The van der Waals surface area contributed by atoms with Crippen molar-refractivity contribution in [2.75, 3.05) is 27.2 Å². The topological polar surface area (TPSA) is 52.7 Å². The van der Waals surface area contributed by atoms with Gasteiger partial charge in [-0.2, -0.15) is 24.5 Å². The average molecular weight is 440 g/mol. The summed E-state index contributed by atoms with van der Waals surface area (Å²) in [6.07, 6.45) is -4.37. The number of benzene rings is 1. The molecule has 9 heteroatoms. The number of amides is 2. The van der Waals surface area contributed by atoms with E-state index >= 15 is 0 Å². The van der Waals surface area contributed by atoms with Crippen LogP contribution >= 0.6 is 11.3 Å². The summed E-state index contributed by atoms with van der Waals surface area (Å²) in [4.78, 5) is 28.4. The Labute approximate surface area is 177 Å². The molecule has 5 nitrogen and oxygen atoms in total. The van der Waals surface area contributed by atoms with Gasteiger partial charge in [-0.1, -0.05) is 12.1 Å². The maximum atomic E-state index is 12.9. The molecule has 0 bridgehead atoms. The molecule has 1 aliphatic rings. The molecule has 3 rings (SSSR count). The number of carbonyl (C=O) groups excluding carboxylic acids is 2. The number of hydrogen-bond donors (Lipinski definition) is 1. The molecule has 1 saturated heterocycles. The van der Waals surface area contributed by atoms with Crippen molar-refractivity contribution in [2.45, 2.75) is 25.2 Å². The summed E-state index contributed by atoms with van der Waals surface area (Å²) in [7, 11) is 3.87. The number of nitrogens with one attached hydrogen (secondary N) is 1. The summed E-state index contributed by atoms with van der Waals surface area (Å²) < 4.78 is 38.7. The fraction of sp³-hybridized carbons (Fsp3) is 0.429. The van der Waals surface area contributed by atoms with Gasteiger partial charge in [0.05, 0.1) is 17.5 Å². The number of likely N-dealkylation sites (tertiary alicyclic amines) is 1. The van der Waals surface area contributed by atoms with Crippen molar-refractivity contribution < 1.29 is 22.8 Å². The number of rotatable bonds is 7. The second kappa shape index (κ2) is 9.18. The molecule has 30 heavy (non-hydrogen) atoms. The molecule has 0 aliphatic carbocycles. The lowest BCUT2D eigenvalue weighted by molar-refractivity contribution is -0.137. The van der Waals surface area contributed by atoms with E-state index in [1.807, 2.05) is 35.8 Å². The Balaban J connectivity index is 1.58. The number of likely N-dealkylation sites (N-methyl/N-ethyl adjacent to an activating group) is 1. The van der Waals surface area contributed by atoms with Gasteiger partial charge >= 0.3 is 6.18 Å². The SMILES string of the molecule is CN(C)[C@H](CNC(=O)[C@@H]1CC(=O)N(Cc2cccc(C(F)(F)F)c2)C1)c1ccsc1. The number of halogens is 3. The molecule has 2 aromatic rings. The lowest BCUT2D eigenvalue weighted by Gasteiger charge is -2.24. The highest BCUT2D eigenvalue weighted by Crippen LogP contribution is 2.30. The van der Waals surface area contributed by atoms with Gasteiger partial charge in [0.15, 0.2) is 0 Å². The predicted octanol–water partition coefficient (Wildman–Crippen LogP) is 3.53. The van der Waals surface area contributed by atoms with Gasteiger partial charge in [-0.25, -0.2) is 0 Å². The quantitative estimate of drug-likeness (QED) is 0.718. The molecule has 2 amide bonds. The fourth-order valence-corrected chi connectivity index (χ4v) is 4.28. The van der Waals surface area contributed by atoms with Crippen LogP contribution < -0.4 is 5.32 Å². The van der Waals surface area contributed by atoms with E-state index in [1.165, 1.54) is 11.0 Å². The first-order valence-electron chi connectivity index (χ1n) is 9.55. The minimum absolute atomic E-state index is 0.0264. The number of alkyl halides is 3. The third kappa shape index (κ3) is 5.40. The molecule has 162 valence electrons. The van der Waals surface area contributed by atoms with Crippen LogP contribution in [-0.4, -0.2) is 48.8 Å². The first kappa shape index (κ1) is 22.3. The van der Waals surface area contributed by atoms with Gasteiger partial charge in [-0.3, -0.25) is 9.59 Å². The molecule has 1 fully saturated rings. The Morgan fingerprint density at radius 2 is 2.10 bits per heavy atom. The summed E-state index contributed by atoms with van der Waals surface area (Å²) in [6.45, 7) is 0.675. The Morgan fingerprint density at radius 1 is 1.33 bits per heavy atom. The third-order valence-corrected chi connectivity index (χ3v) is 5.94. The van der Waals surface area contributed by atoms with E-state index in [2.05, 4.69) is 5.32 Å². The van der Waals surface area contributed by atoms with Crippen LogP contribution in [0, 0.1) is 5.92 Å². The fourth-order valence-electron chi connectivity index (χ4n) is 3.57. The van der Waals surface area contributed by atoms with E-state index in [4.69, 9.17) is 0 Å². The molecule has 0 saturated carbocycles. The molecular formula is C21H24F3N3O2S. The zero-order valence-corrected chi connectivity index (χ0v) is 17.6. The van der Waals surface area contributed by atoms with E-state index in [-0.39, 0.29) is 37.4 Å². The highest BCUT2D eigenvalue weighted by molar-refractivity contribution is 7.07. The van der Waals surface area contributed by atoms with Crippen molar-refractivity contribution in [3.63, 3.8) is 0 Å². The Hall–Kier alpha value is -2.39. The van der Waals surface area contributed by atoms with Gasteiger partial charge in [0.1, 0.15) is 0 Å². The standard InChI is InChI=1S/C21H24F3N3O2S/c1-26(2)18(15-6-7-30-13-15)10-25-20(29)16-9-19(28)27(12-16)11-14-4-3-5-17(8-14)21(22,23)24/h3-8,13,16,18H,9-12H2,1-2H3,(H,25,29)/t16-,18-/m1/s1. The molecule has 1 aromatic heterocycles. The second-order valence-electron chi connectivity index (χ2n) is 7.65. The number of thiophene rings is 1. The summed E-state index contributed by atoms with van der Waals surface area (Å²) in [5.74, 6) is -0.944. The zero-order valence-electron chi connectivity index (χ0n) is 16.8.